The van der Waals surface area contributed by atoms with Crippen LogP contribution in [0.5, 0.6) is 5.75 Å². The van der Waals surface area contributed by atoms with Crippen molar-refractivity contribution in [1.29, 1.82) is 0 Å². The monoisotopic (exact) mass is 393 g/mol. The zero-order chi connectivity index (χ0) is 19.3. The lowest BCUT2D eigenvalue weighted by molar-refractivity contribution is 0.259. The molecule has 146 valence electrons. The van der Waals surface area contributed by atoms with Crippen LogP contribution in [-0.2, 0) is 22.3 Å². The summed E-state index contributed by atoms with van der Waals surface area (Å²) in [4.78, 5) is 6.31. The first kappa shape index (κ1) is 19.2. The van der Waals surface area contributed by atoms with Crippen LogP contribution in [0.3, 0.4) is 0 Å². The Bertz CT molecular complexity index is 857. The Balaban J connectivity index is 1.53. The van der Waals surface area contributed by atoms with E-state index < -0.39 is 10.0 Å². The van der Waals surface area contributed by atoms with Gasteiger partial charge in [-0.25, -0.2) is 8.42 Å². The van der Waals surface area contributed by atoms with E-state index in [9.17, 15) is 13.5 Å². The summed E-state index contributed by atoms with van der Waals surface area (Å²) in [5.41, 5.74) is 1.42. The summed E-state index contributed by atoms with van der Waals surface area (Å²) in [6.07, 6.45) is 1.37. The predicted octanol–water partition coefficient (Wildman–Crippen LogP) is 0.603. The van der Waals surface area contributed by atoms with E-state index >= 15 is 0 Å². The molecule has 0 unspecified atom stereocenters. The third-order valence-electron chi connectivity index (χ3n) is 4.35. The minimum atomic E-state index is -3.42. The van der Waals surface area contributed by atoms with Gasteiger partial charge in [-0.1, -0.05) is 17.3 Å². The quantitative estimate of drug-likeness (QED) is 0.565. The number of piperazine rings is 1. The number of nitrogens with one attached hydrogen (secondary N) is 1. The maximum absolute atomic E-state index is 12.5. The van der Waals surface area contributed by atoms with Gasteiger partial charge in [0.05, 0.1) is 5.69 Å². The number of benzene rings is 1. The van der Waals surface area contributed by atoms with Gasteiger partial charge in [0.2, 0.25) is 10.0 Å². The van der Waals surface area contributed by atoms with E-state index in [1.165, 1.54) is 10.6 Å². The largest absolute Gasteiger partial charge is 0.508 e. The average molecular weight is 393 g/mol. The number of guanidine groups is 1. The number of phenolic OH excluding ortho intramolecular Hbond substituents is 1. The lowest BCUT2D eigenvalue weighted by atomic mass is 10.2. The molecular formula is C17H23N5O4S. The molecule has 0 spiro atoms. The van der Waals surface area contributed by atoms with Crippen LogP contribution < -0.4 is 5.32 Å². The zero-order valence-electron chi connectivity index (χ0n) is 15.1. The first-order valence-corrected chi connectivity index (χ1v) is 10.2. The summed E-state index contributed by atoms with van der Waals surface area (Å²) < 4.78 is 31.2. The molecule has 0 amide bonds. The van der Waals surface area contributed by atoms with Crippen molar-refractivity contribution >= 4 is 16.0 Å². The molecule has 3 rings (SSSR count). The molecule has 1 fully saturated rings. The van der Waals surface area contributed by atoms with Crippen molar-refractivity contribution in [1.82, 2.24) is 19.7 Å². The number of sulfonamides is 1. The van der Waals surface area contributed by atoms with Gasteiger partial charge in [-0.05, 0) is 17.7 Å². The van der Waals surface area contributed by atoms with Crippen LogP contribution in [0.2, 0.25) is 0 Å². The third-order valence-corrected chi connectivity index (χ3v) is 6.16. The van der Waals surface area contributed by atoms with Crippen LogP contribution in [0, 0.1) is 0 Å². The van der Waals surface area contributed by atoms with E-state index in [-0.39, 0.29) is 11.5 Å². The lowest BCUT2D eigenvalue weighted by Crippen LogP contribution is -2.53. The lowest BCUT2D eigenvalue weighted by Gasteiger charge is -2.35. The van der Waals surface area contributed by atoms with Crippen molar-refractivity contribution in [2.45, 2.75) is 12.3 Å². The molecule has 1 aliphatic rings. The molecular weight excluding hydrogens is 370 g/mol. The number of hydrogen-bond acceptors (Lipinski definition) is 6. The first-order chi connectivity index (χ1) is 13.0. The van der Waals surface area contributed by atoms with Gasteiger partial charge in [0, 0.05) is 45.8 Å². The van der Waals surface area contributed by atoms with Crippen LogP contribution in [0.1, 0.15) is 11.3 Å². The molecule has 0 aliphatic carbocycles. The second-order valence-electron chi connectivity index (χ2n) is 6.20. The van der Waals surface area contributed by atoms with E-state index in [1.54, 1.807) is 25.2 Å². The van der Waals surface area contributed by atoms with Crippen LogP contribution in [0.25, 0.3) is 0 Å². The highest BCUT2D eigenvalue weighted by Crippen LogP contribution is 2.13. The number of nitrogens with zero attached hydrogens (tertiary/aromatic N) is 4. The van der Waals surface area contributed by atoms with Crippen molar-refractivity contribution in [3.8, 4) is 5.75 Å². The van der Waals surface area contributed by atoms with Gasteiger partial charge in [0.25, 0.3) is 0 Å². The molecule has 1 aromatic carbocycles. The number of aromatic hydroxyl groups is 1. The predicted molar refractivity (Wildman–Crippen MR) is 101 cm³/mol. The minimum absolute atomic E-state index is 0.155. The van der Waals surface area contributed by atoms with Crippen LogP contribution >= 0.6 is 0 Å². The highest BCUT2D eigenvalue weighted by molar-refractivity contribution is 7.88. The van der Waals surface area contributed by atoms with Crippen molar-refractivity contribution < 1.29 is 18.0 Å². The molecule has 0 atom stereocenters. The van der Waals surface area contributed by atoms with Gasteiger partial charge in [-0.2, -0.15) is 4.31 Å². The third kappa shape index (κ3) is 4.98. The van der Waals surface area contributed by atoms with E-state index in [2.05, 4.69) is 15.5 Å². The summed E-state index contributed by atoms with van der Waals surface area (Å²) in [6, 6.07) is 8.51. The van der Waals surface area contributed by atoms with E-state index in [1.807, 2.05) is 17.0 Å². The zero-order valence-corrected chi connectivity index (χ0v) is 15.9. The second-order valence-corrected chi connectivity index (χ2v) is 8.17. The Morgan fingerprint density at radius 3 is 2.52 bits per heavy atom. The normalized spacial score (nSPS) is 16.5. The Morgan fingerprint density at radius 2 is 1.93 bits per heavy atom. The van der Waals surface area contributed by atoms with Crippen molar-refractivity contribution in [2.24, 2.45) is 4.99 Å². The summed E-state index contributed by atoms with van der Waals surface area (Å²) >= 11 is 0. The average Bonchev–Trinajstić information content (AvgIpc) is 3.16. The fourth-order valence-electron chi connectivity index (χ4n) is 2.90. The first-order valence-electron chi connectivity index (χ1n) is 8.58. The van der Waals surface area contributed by atoms with Gasteiger partial charge in [-0.3, -0.25) is 4.99 Å². The standard InChI is InChI=1S/C17H23N5O4S/c1-18-17(19-12-14-2-4-16(23)5-3-14)21-7-9-22(10-8-21)27(24,25)13-15-6-11-26-20-15/h2-6,11,23H,7-10,12-13H2,1H3,(H,18,19). The number of aromatic nitrogens is 1. The number of rotatable bonds is 5. The molecule has 0 radical (unpaired) electrons. The smallest absolute Gasteiger partial charge is 0.220 e. The Labute approximate surface area is 158 Å². The minimum Gasteiger partial charge on any atom is -0.508 e. The molecule has 27 heavy (non-hydrogen) atoms. The summed E-state index contributed by atoms with van der Waals surface area (Å²) in [7, 11) is -1.72. The van der Waals surface area contributed by atoms with Gasteiger partial charge in [0.15, 0.2) is 5.96 Å². The van der Waals surface area contributed by atoms with Gasteiger partial charge >= 0.3 is 0 Å². The van der Waals surface area contributed by atoms with Crippen molar-refractivity contribution in [3.63, 3.8) is 0 Å². The topological polar surface area (TPSA) is 111 Å². The highest BCUT2D eigenvalue weighted by atomic mass is 32.2. The maximum Gasteiger partial charge on any atom is 0.220 e. The fraction of sp³-hybridized carbons (Fsp3) is 0.412. The van der Waals surface area contributed by atoms with Crippen molar-refractivity contribution in [2.75, 3.05) is 33.2 Å². The molecule has 0 bridgehead atoms. The molecule has 9 nitrogen and oxygen atoms in total. The maximum atomic E-state index is 12.5. The van der Waals surface area contributed by atoms with Crippen LogP contribution in [-0.4, -0.2) is 67.1 Å². The highest BCUT2D eigenvalue weighted by Gasteiger charge is 2.28. The van der Waals surface area contributed by atoms with Crippen LogP contribution in [0.15, 0.2) is 46.1 Å². The molecule has 2 N–H and O–H groups in total. The summed E-state index contributed by atoms with van der Waals surface area (Å²) in [5, 5.41) is 16.3. The molecule has 1 aliphatic heterocycles. The van der Waals surface area contributed by atoms with Gasteiger partial charge in [0.1, 0.15) is 17.8 Å². The van der Waals surface area contributed by atoms with E-state index in [0.717, 1.165) is 11.5 Å². The van der Waals surface area contributed by atoms with E-state index in [4.69, 9.17) is 4.52 Å². The molecule has 2 heterocycles. The molecule has 1 aromatic heterocycles. The number of hydrogen-bond donors (Lipinski definition) is 2. The van der Waals surface area contributed by atoms with Gasteiger partial charge in [-0.15, -0.1) is 0 Å². The second kappa shape index (κ2) is 8.40. The fourth-order valence-corrected chi connectivity index (χ4v) is 4.32. The molecule has 1 saturated heterocycles. The Morgan fingerprint density at radius 1 is 1.22 bits per heavy atom. The number of aliphatic imine (C=N–C) groups is 1. The summed E-state index contributed by atoms with van der Waals surface area (Å²) in [6.45, 7) is 2.44. The van der Waals surface area contributed by atoms with Crippen LogP contribution in [0.4, 0.5) is 0 Å². The molecule has 10 heteroatoms. The summed E-state index contributed by atoms with van der Waals surface area (Å²) in [5.74, 6) is 0.792. The van der Waals surface area contributed by atoms with E-state index in [0.29, 0.717) is 38.4 Å². The van der Waals surface area contributed by atoms with Crippen molar-refractivity contribution in [3.05, 3.63) is 47.9 Å². The van der Waals surface area contributed by atoms with Gasteiger partial charge < -0.3 is 19.8 Å². The Hall–Kier alpha value is -2.59. The number of phenols is 1. The molecule has 0 saturated carbocycles. The Kier molecular flexibility index (Phi) is 5.97. The SMILES string of the molecule is CN=C(NCc1ccc(O)cc1)N1CCN(S(=O)(=O)Cc2ccon2)CC1. The molecule has 2 aromatic rings.